The number of phenols is 1. The first-order valence-electron chi connectivity index (χ1n) is 7.75. The second-order valence-corrected chi connectivity index (χ2v) is 5.68. The Labute approximate surface area is 126 Å². The van der Waals surface area contributed by atoms with Crippen LogP contribution < -0.4 is 0 Å². The fourth-order valence-electron chi connectivity index (χ4n) is 2.93. The molecule has 2 heteroatoms. The quantitative estimate of drug-likeness (QED) is 0.803. The van der Waals surface area contributed by atoms with Crippen LogP contribution in [-0.2, 0) is 0 Å². The van der Waals surface area contributed by atoms with Crippen LogP contribution in [0.1, 0.15) is 37.7 Å². The normalized spacial score (nSPS) is 16.4. The van der Waals surface area contributed by atoms with Gasteiger partial charge >= 0.3 is 0 Å². The zero-order valence-electron chi connectivity index (χ0n) is 12.2. The lowest BCUT2D eigenvalue weighted by Crippen LogP contribution is -2.09. The minimum Gasteiger partial charge on any atom is -0.507 e. The first kappa shape index (κ1) is 13.9. The van der Waals surface area contributed by atoms with Crippen molar-refractivity contribution in [3.63, 3.8) is 0 Å². The van der Waals surface area contributed by atoms with Gasteiger partial charge in [-0.3, -0.25) is 4.99 Å². The van der Waals surface area contributed by atoms with Crippen molar-refractivity contribution in [1.82, 2.24) is 0 Å². The van der Waals surface area contributed by atoms with E-state index < -0.39 is 0 Å². The Kier molecular flexibility index (Phi) is 4.34. The molecule has 0 atom stereocenters. The molecule has 1 fully saturated rings. The second kappa shape index (κ2) is 6.57. The van der Waals surface area contributed by atoms with Crippen LogP contribution in [0.15, 0.2) is 53.5 Å². The molecular weight excluding hydrogens is 258 g/mol. The molecule has 0 aliphatic heterocycles. The minimum atomic E-state index is 0.322. The van der Waals surface area contributed by atoms with Crippen molar-refractivity contribution in [1.29, 1.82) is 0 Å². The highest BCUT2D eigenvalue weighted by Gasteiger charge is 2.12. The van der Waals surface area contributed by atoms with E-state index in [1.165, 1.54) is 32.1 Å². The zero-order valence-corrected chi connectivity index (χ0v) is 12.2. The van der Waals surface area contributed by atoms with Gasteiger partial charge in [0.1, 0.15) is 5.75 Å². The summed E-state index contributed by atoms with van der Waals surface area (Å²) in [6.07, 6.45) is 8.08. The van der Waals surface area contributed by atoms with Crippen molar-refractivity contribution in [2.24, 2.45) is 4.99 Å². The summed E-state index contributed by atoms with van der Waals surface area (Å²) in [6.45, 7) is 0. The van der Waals surface area contributed by atoms with Gasteiger partial charge in [-0.25, -0.2) is 0 Å². The fraction of sp³-hybridized carbons (Fsp3) is 0.316. The van der Waals surface area contributed by atoms with Gasteiger partial charge in [0.2, 0.25) is 0 Å². The van der Waals surface area contributed by atoms with E-state index >= 15 is 0 Å². The van der Waals surface area contributed by atoms with Crippen molar-refractivity contribution in [2.75, 3.05) is 0 Å². The number of aromatic hydroxyl groups is 1. The first-order chi connectivity index (χ1) is 10.3. The first-order valence-corrected chi connectivity index (χ1v) is 7.75. The third kappa shape index (κ3) is 3.33. The van der Waals surface area contributed by atoms with E-state index in [2.05, 4.69) is 4.99 Å². The van der Waals surface area contributed by atoms with Gasteiger partial charge in [0.25, 0.3) is 0 Å². The Bertz CT molecular complexity index is 613. The summed E-state index contributed by atoms with van der Waals surface area (Å²) in [5.41, 5.74) is 2.70. The molecular formula is C19H21NO. The second-order valence-electron chi connectivity index (χ2n) is 5.68. The lowest BCUT2D eigenvalue weighted by Gasteiger charge is -2.17. The number of hydrogen-bond acceptors (Lipinski definition) is 2. The molecule has 0 amide bonds. The standard InChI is InChI=1S/C19H21NO/c21-19-16(14-20-17-11-5-2-6-12-17)10-7-13-18(19)15-8-3-1-4-9-15/h1,3-4,7-10,13-14,17,21H,2,5-6,11-12H2. The maximum absolute atomic E-state index is 10.5. The van der Waals surface area contributed by atoms with Crippen molar-refractivity contribution in [2.45, 2.75) is 38.1 Å². The van der Waals surface area contributed by atoms with Crippen LogP contribution in [-0.4, -0.2) is 17.4 Å². The molecule has 2 aromatic rings. The molecule has 0 radical (unpaired) electrons. The van der Waals surface area contributed by atoms with Crippen molar-refractivity contribution in [3.05, 3.63) is 54.1 Å². The predicted octanol–water partition coefficient (Wildman–Crippen LogP) is 4.81. The predicted molar refractivity (Wildman–Crippen MR) is 88.0 cm³/mol. The Morgan fingerprint density at radius 1 is 0.905 bits per heavy atom. The van der Waals surface area contributed by atoms with E-state index in [-0.39, 0.29) is 0 Å². The number of hydrogen-bond donors (Lipinski definition) is 1. The van der Waals surface area contributed by atoms with Crippen LogP contribution in [0.3, 0.4) is 0 Å². The molecule has 0 bridgehead atoms. The van der Waals surface area contributed by atoms with Gasteiger partial charge in [-0.1, -0.05) is 61.7 Å². The topological polar surface area (TPSA) is 32.6 Å². The van der Waals surface area contributed by atoms with Gasteiger partial charge in [-0.2, -0.15) is 0 Å². The maximum Gasteiger partial charge on any atom is 0.132 e. The molecule has 0 aromatic heterocycles. The summed E-state index contributed by atoms with van der Waals surface area (Å²) in [6, 6.07) is 16.2. The summed E-state index contributed by atoms with van der Waals surface area (Å²) in [4.78, 5) is 4.66. The average molecular weight is 279 g/mol. The van der Waals surface area contributed by atoms with Crippen molar-refractivity contribution < 1.29 is 5.11 Å². The average Bonchev–Trinajstić information content (AvgIpc) is 2.56. The van der Waals surface area contributed by atoms with Gasteiger partial charge in [0.15, 0.2) is 0 Å². The van der Waals surface area contributed by atoms with Gasteiger partial charge in [0, 0.05) is 23.4 Å². The van der Waals surface area contributed by atoms with Gasteiger partial charge < -0.3 is 5.11 Å². The van der Waals surface area contributed by atoms with Gasteiger partial charge in [-0.05, 0) is 24.5 Å². The summed E-state index contributed by atoms with van der Waals surface area (Å²) < 4.78 is 0. The zero-order chi connectivity index (χ0) is 14.5. The third-order valence-electron chi connectivity index (χ3n) is 4.15. The van der Waals surface area contributed by atoms with E-state index in [1.807, 2.05) is 54.7 Å². The summed E-state index contributed by atoms with van der Waals surface area (Å²) in [5.74, 6) is 0.322. The van der Waals surface area contributed by atoms with Crippen LogP contribution in [0.4, 0.5) is 0 Å². The van der Waals surface area contributed by atoms with Gasteiger partial charge in [0.05, 0.1) is 0 Å². The number of para-hydroxylation sites is 1. The van der Waals surface area contributed by atoms with Crippen LogP contribution in [0, 0.1) is 0 Å². The Morgan fingerprint density at radius 3 is 2.43 bits per heavy atom. The van der Waals surface area contributed by atoms with E-state index in [1.54, 1.807) is 0 Å². The van der Waals surface area contributed by atoms with Crippen molar-refractivity contribution in [3.8, 4) is 16.9 Å². The van der Waals surface area contributed by atoms with Crippen LogP contribution in [0.2, 0.25) is 0 Å². The molecule has 1 N–H and O–H groups in total. The van der Waals surface area contributed by atoms with Crippen LogP contribution in [0.25, 0.3) is 11.1 Å². The molecule has 0 spiro atoms. The summed E-state index contributed by atoms with van der Waals surface area (Å²) in [5, 5.41) is 10.5. The van der Waals surface area contributed by atoms with E-state index in [0.29, 0.717) is 11.8 Å². The molecule has 1 saturated carbocycles. The number of rotatable bonds is 3. The molecule has 1 aliphatic rings. The third-order valence-corrected chi connectivity index (χ3v) is 4.15. The molecule has 2 nitrogen and oxygen atoms in total. The maximum atomic E-state index is 10.5. The molecule has 1 aliphatic carbocycles. The van der Waals surface area contributed by atoms with Crippen molar-refractivity contribution >= 4 is 6.21 Å². The molecule has 21 heavy (non-hydrogen) atoms. The minimum absolute atomic E-state index is 0.322. The Balaban J connectivity index is 1.85. The monoisotopic (exact) mass is 279 g/mol. The lowest BCUT2D eigenvalue weighted by atomic mass is 9.96. The number of phenolic OH excluding ortho intramolecular Hbond substituents is 1. The Hall–Kier alpha value is -2.09. The highest BCUT2D eigenvalue weighted by atomic mass is 16.3. The molecule has 3 rings (SSSR count). The Morgan fingerprint density at radius 2 is 1.67 bits per heavy atom. The van der Waals surface area contributed by atoms with Crippen LogP contribution in [0.5, 0.6) is 5.75 Å². The highest BCUT2D eigenvalue weighted by molar-refractivity contribution is 5.88. The number of nitrogens with zero attached hydrogens (tertiary/aromatic N) is 1. The summed E-state index contributed by atoms with van der Waals surface area (Å²) >= 11 is 0. The van der Waals surface area contributed by atoms with Gasteiger partial charge in [-0.15, -0.1) is 0 Å². The molecule has 0 saturated heterocycles. The lowest BCUT2D eigenvalue weighted by molar-refractivity contribution is 0.444. The summed E-state index contributed by atoms with van der Waals surface area (Å²) in [7, 11) is 0. The molecule has 108 valence electrons. The van der Waals surface area contributed by atoms with E-state index in [9.17, 15) is 5.11 Å². The number of aliphatic imine (C=N–C) groups is 1. The smallest absolute Gasteiger partial charge is 0.132 e. The molecule has 0 unspecified atom stereocenters. The fourth-order valence-corrected chi connectivity index (χ4v) is 2.93. The largest absolute Gasteiger partial charge is 0.507 e. The highest BCUT2D eigenvalue weighted by Crippen LogP contribution is 2.31. The van der Waals surface area contributed by atoms with E-state index in [0.717, 1.165) is 16.7 Å². The van der Waals surface area contributed by atoms with E-state index in [4.69, 9.17) is 0 Å². The number of benzene rings is 2. The SMILES string of the molecule is Oc1c(C=NC2CCCCC2)cccc1-c1ccccc1. The van der Waals surface area contributed by atoms with Crippen LogP contribution >= 0.6 is 0 Å². The molecule has 2 aromatic carbocycles. The molecule has 0 heterocycles.